The minimum Gasteiger partial charge on any atom is -0.324 e. The first kappa shape index (κ1) is 18.8. The van der Waals surface area contributed by atoms with E-state index in [1.807, 2.05) is 41.0 Å². The summed E-state index contributed by atoms with van der Waals surface area (Å²) in [4.78, 5) is 17.3. The zero-order valence-corrected chi connectivity index (χ0v) is 16.3. The highest BCUT2D eigenvalue weighted by Gasteiger charge is 2.14. The molecule has 3 rings (SSSR count). The standard InChI is InChI=1S/C20H22ClN3OS/c1-2-3-6-12-26-20-23-17-10-4-5-11-18(17)24(20)14-19(25)22-16-9-7-8-15(21)13-16/h4-5,7-11,13H,2-3,6,12,14H2,1H3,(H,22,25). The fraction of sp³-hybridized carbons (Fsp3) is 0.300. The van der Waals surface area contributed by atoms with E-state index in [4.69, 9.17) is 16.6 Å². The molecule has 0 aliphatic rings. The SMILES string of the molecule is CCCCCSc1nc2ccccc2n1CC(=O)Nc1cccc(Cl)c1. The molecule has 0 saturated heterocycles. The molecule has 0 aliphatic heterocycles. The van der Waals surface area contributed by atoms with Crippen molar-refractivity contribution in [3.63, 3.8) is 0 Å². The lowest BCUT2D eigenvalue weighted by Crippen LogP contribution is -2.19. The third-order valence-corrected chi connectivity index (χ3v) is 5.31. The maximum atomic E-state index is 12.6. The highest BCUT2D eigenvalue weighted by atomic mass is 35.5. The summed E-state index contributed by atoms with van der Waals surface area (Å²) < 4.78 is 1.99. The largest absolute Gasteiger partial charge is 0.324 e. The zero-order valence-electron chi connectivity index (χ0n) is 14.7. The summed E-state index contributed by atoms with van der Waals surface area (Å²) in [6.45, 7) is 2.42. The van der Waals surface area contributed by atoms with Crippen LogP contribution in [0.1, 0.15) is 26.2 Å². The molecule has 0 bridgehead atoms. The number of unbranched alkanes of at least 4 members (excludes halogenated alkanes) is 2. The molecule has 1 N–H and O–H groups in total. The number of fused-ring (bicyclic) bond motifs is 1. The molecule has 2 aromatic carbocycles. The van der Waals surface area contributed by atoms with Crippen molar-refractivity contribution in [2.75, 3.05) is 11.1 Å². The first-order valence-electron chi connectivity index (χ1n) is 8.81. The van der Waals surface area contributed by atoms with E-state index in [-0.39, 0.29) is 12.5 Å². The molecule has 0 radical (unpaired) electrons. The van der Waals surface area contributed by atoms with Gasteiger partial charge in [0.2, 0.25) is 5.91 Å². The van der Waals surface area contributed by atoms with E-state index in [2.05, 4.69) is 12.2 Å². The molecule has 136 valence electrons. The average Bonchev–Trinajstić information content (AvgIpc) is 2.96. The summed E-state index contributed by atoms with van der Waals surface area (Å²) in [5.41, 5.74) is 2.59. The quantitative estimate of drug-likeness (QED) is 0.403. The van der Waals surface area contributed by atoms with Crippen LogP contribution in [0.25, 0.3) is 11.0 Å². The molecule has 6 heteroatoms. The van der Waals surface area contributed by atoms with E-state index in [1.165, 1.54) is 12.8 Å². The Hall–Kier alpha value is -1.98. The Kier molecular flexibility index (Phi) is 6.58. The molecule has 0 aliphatic carbocycles. The summed E-state index contributed by atoms with van der Waals surface area (Å²) in [7, 11) is 0. The molecular weight excluding hydrogens is 366 g/mol. The number of carbonyl (C=O) groups excluding carboxylic acids is 1. The van der Waals surface area contributed by atoms with E-state index in [0.29, 0.717) is 10.7 Å². The van der Waals surface area contributed by atoms with Crippen LogP contribution in [0.15, 0.2) is 53.7 Å². The normalized spacial score (nSPS) is 11.0. The van der Waals surface area contributed by atoms with Gasteiger partial charge in [-0.2, -0.15) is 0 Å². The number of benzene rings is 2. The van der Waals surface area contributed by atoms with Crippen molar-refractivity contribution >= 4 is 46.0 Å². The number of hydrogen-bond donors (Lipinski definition) is 1. The number of nitrogens with zero attached hydrogens (tertiary/aromatic N) is 2. The molecule has 1 heterocycles. The van der Waals surface area contributed by atoms with Crippen LogP contribution < -0.4 is 5.32 Å². The van der Waals surface area contributed by atoms with Gasteiger partial charge in [0.25, 0.3) is 0 Å². The van der Waals surface area contributed by atoms with Gasteiger partial charge in [-0.3, -0.25) is 4.79 Å². The van der Waals surface area contributed by atoms with Crippen molar-refractivity contribution in [1.82, 2.24) is 9.55 Å². The molecule has 26 heavy (non-hydrogen) atoms. The Morgan fingerprint density at radius 2 is 2.04 bits per heavy atom. The van der Waals surface area contributed by atoms with Crippen LogP contribution in [0.2, 0.25) is 5.02 Å². The highest BCUT2D eigenvalue weighted by Crippen LogP contribution is 2.25. The lowest BCUT2D eigenvalue weighted by atomic mass is 10.3. The number of hydrogen-bond acceptors (Lipinski definition) is 3. The van der Waals surface area contributed by atoms with Crippen LogP contribution in [0, 0.1) is 0 Å². The molecular formula is C20H22ClN3OS. The summed E-state index contributed by atoms with van der Waals surface area (Å²) in [5.74, 6) is 0.915. The van der Waals surface area contributed by atoms with Crippen LogP contribution in [0.5, 0.6) is 0 Å². The summed E-state index contributed by atoms with van der Waals surface area (Å²) in [6.07, 6.45) is 3.56. The second-order valence-corrected chi connectivity index (χ2v) is 7.58. The van der Waals surface area contributed by atoms with E-state index < -0.39 is 0 Å². The number of anilines is 1. The third kappa shape index (κ3) is 4.80. The van der Waals surface area contributed by atoms with Gasteiger partial charge in [0, 0.05) is 16.5 Å². The van der Waals surface area contributed by atoms with E-state index >= 15 is 0 Å². The van der Waals surface area contributed by atoms with E-state index in [9.17, 15) is 4.79 Å². The number of imidazole rings is 1. The van der Waals surface area contributed by atoms with Gasteiger partial charge in [-0.25, -0.2) is 4.98 Å². The molecule has 4 nitrogen and oxygen atoms in total. The molecule has 1 aromatic heterocycles. The number of amides is 1. The van der Waals surface area contributed by atoms with Gasteiger partial charge in [-0.1, -0.05) is 61.3 Å². The topological polar surface area (TPSA) is 46.9 Å². The Labute approximate surface area is 163 Å². The van der Waals surface area contributed by atoms with Crippen LogP contribution in [-0.2, 0) is 11.3 Å². The minimum atomic E-state index is -0.0918. The van der Waals surface area contributed by atoms with E-state index in [0.717, 1.165) is 28.4 Å². The second-order valence-electron chi connectivity index (χ2n) is 6.08. The first-order valence-corrected chi connectivity index (χ1v) is 10.2. The molecule has 0 unspecified atom stereocenters. The Bertz CT molecular complexity index is 894. The highest BCUT2D eigenvalue weighted by molar-refractivity contribution is 7.99. The van der Waals surface area contributed by atoms with Crippen molar-refractivity contribution in [3.8, 4) is 0 Å². The fourth-order valence-electron chi connectivity index (χ4n) is 2.74. The molecule has 1 amide bonds. The van der Waals surface area contributed by atoms with Gasteiger partial charge in [-0.05, 0) is 36.8 Å². The summed E-state index contributed by atoms with van der Waals surface area (Å²) >= 11 is 7.70. The number of carbonyl (C=O) groups is 1. The third-order valence-electron chi connectivity index (χ3n) is 4.01. The maximum absolute atomic E-state index is 12.6. The van der Waals surface area contributed by atoms with Gasteiger partial charge in [0.15, 0.2) is 5.16 Å². The summed E-state index contributed by atoms with van der Waals surface area (Å²) in [6, 6.07) is 15.1. The molecule has 0 saturated carbocycles. The molecule has 0 atom stereocenters. The number of thioether (sulfide) groups is 1. The van der Waals surface area contributed by atoms with Crippen molar-refractivity contribution < 1.29 is 4.79 Å². The van der Waals surface area contributed by atoms with Crippen LogP contribution >= 0.6 is 23.4 Å². The van der Waals surface area contributed by atoms with Crippen LogP contribution in [0.4, 0.5) is 5.69 Å². The first-order chi connectivity index (χ1) is 12.7. The van der Waals surface area contributed by atoms with Gasteiger partial charge >= 0.3 is 0 Å². The number of aromatic nitrogens is 2. The molecule has 3 aromatic rings. The van der Waals surface area contributed by atoms with Gasteiger partial charge in [-0.15, -0.1) is 0 Å². The Morgan fingerprint density at radius 1 is 1.19 bits per heavy atom. The zero-order chi connectivity index (χ0) is 18.4. The summed E-state index contributed by atoms with van der Waals surface area (Å²) in [5, 5.41) is 4.40. The predicted molar refractivity (Wildman–Crippen MR) is 110 cm³/mol. The van der Waals surface area contributed by atoms with Crippen LogP contribution in [-0.4, -0.2) is 21.2 Å². The van der Waals surface area contributed by atoms with Crippen LogP contribution in [0.3, 0.4) is 0 Å². The molecule has 0 spiro atoms. The van der Waals surface area contributed by atoms with E-state index in [1.54, 1.807) is 23.9 Å². The van der Waals surface area contributed by atoms with Crippen molar-refractivity contribution in [3.05, 3.63) is 53.6 Å². The number of rotatable bonds is 8. The van der Waals surface area contributed by atoms with Gasteiger partial charge in [0.1, 0.15) is 6.54 Å². The lowest BCUT2D eigenvalue weighted by Gasteiger charge is -2.10. The second kappa shape index (κ2) is 9.10. The van der Waals surface area contributed by atoms with Crippen molar-refractivity contribution in [2.45, 2.75) is 37.9 Å². The fourth-order valence-corrected chi connectivity index (χ4v) is 3.95. The Morgan fingerprint density at radius 3 is 2.85 bits per heavy atom. The smallest absolute Gasteiger partial charge is 0.244 e. The van der Waals surface area contributed by atoms with Crippen molar-refractivity contribution in [1.29, 1.82) is 0 Å². The Balaban J connectivity index is 1.77. The number of halogens is 1. The maximum Gasteiger partial charge on any atom is 0.244 e. The monoisotopic (exact) mass is 387 g/mol. The van der Waals surface area contributed by atoms with Gasteiger partial charge in [0.05, 0.1) is 11.0 Å². The lowest BCUT2D eigenvalue weighted by molar-refractivity contribution is -0.116. The number of para-hydroxylation sites is 2. The predicted octanol–water partition coefficient (Wildman–Crippen LogP) is 5.61. The van der Waals surface area contributed by atoms with Crippen molar-refractivity contribution in [2.24, 2.45) is 0 Å². The van der Waals surface area contributed by atoms with Gasteiger partial charge < -0.3 is 9.88 Å². The number of nitrogens with one attached hydrogen (secondary N) is 1. The minimum absolute atomic E-state index is 0.0918. The average molecular weight is 388 g/mol. The molecule has 0 fully saturated rings.